The molecule has 1 saturated heterocycles. The Morgan fingerprint density at radius 3 is 2.50 bits per heavy atom. The van der Waals surface area contributed by atoms with Crippen LogP contribution in [0.3, 0.4) is 0 Å². The summed E-state index contributed by atoms with van der Waals surface area (Å²) in [6, 6.07) is 5.20. The predicted octanol–water partition coefficient (Wildman–Crippen LogP) is 1.20. The number of nitrogens with one attached hydrogen (secondary N) is 1. The lowest BCUT2D eigenvalue weighted by Gasteiger charge is -2.37. The van der Waals surface area contributed by atoms with E-state index in [9.17, 15) is 15.3 Å². The number of hydrogen-bond acceptors (Lipinski definition) is 5. The molecule has 0 aliphatic carbocycles. The Labute approximate surface area is 145 Å². The van der Waals surface area contributed by atoms with Crippen molar-refractivity contribution in [2.24, 2.45) is 0 Å². The molecule has 2 atom stereocenters. The van der Waals surface area contributed by atoms with Crippen LogP contribution in [-0.4, -0.2) is 59.9 Å². The lowest BCUT2D eigenvalue weighted by Crippen LogP contribution is -2.53. The number of hydrogen-bond donors (Lipinski definition) is 4. The molecule has 1 aromatic rings. The van der Waals surface area contributed by atoms with Gasteiger partial charge in [0, 0.05) is 19.0 Å². The minimum Gasteiger partial charge on any atom is -0.393 e. The number of halogens is 3. The zero-order chi connectivity index (χ0) is 15.5. The maximum absolute atomic E-state index is 10.4. The summed E-state index contributed by atoms with van der Waals surface area (Å²) >= 11 is 12.0. The molecule has 0 aromatic heterocycles. The van der Waals surface area contributed by atoms with Crippen LogP contribution in [0.25, 0.3) is 0 Å². The Morgan fingerprint density at radius 2 is 1.91 bits per heavy atom. The molecule has 2 rings (SSSR count). The first-order chi connectivity index (χ1) is 10.0. The van der Waals surface area contributed by atoms with E-state index in [4.69, 9.17) is 27.9 Å². The van der Waals surface area contributed by atoms with E-state index in [-0.39, 0.29) is 18.3 Å². The molecule has 1 heterocycles. The van der Waals surface area contributed by atoms with E-state index in [0.717, 1.165) is 5.56 Å². The van der Waals surface area contributed by atoms with Crippen LogP contribution in [-0.2, 0) is 4.74 Å². The highest BCUT2D eigenvalue weighted by Crippen LogP contribution is 2.33. The third kappa shape index (κ3) is 4.24. The van der Waals surface area contributed by atoms with Crippen LogP contribution in [0.4, 0.5) is 0 Å². The smallest absolute Gasteiger partial charge is 0.137 e. The maximum atomic E-state index is 10.4. The zero-order valence-corrected chi connectivity index (χ0v) is 14.2. The summed E-state index contributed by atoms with van der Waals surface area (Å²) < 4.78 is 5.68. The van der Waals surface area contributed by atoms with Crippen molar-refractivity contribution in [3.8, 4) is 0 Å². The summed E-state index contributed by atoms with van der Waals surface area (Å²) in [7, 11) is 0. The molecule has 1 aliphatic heterocycles. The molecular formula is C14H20Cl3NO4. The van der Waals surface area contributed by atoms with E-state index < -0.39 is 24.9 Å². The third-order valence-electron chi connectivity index (χ3n) is 3.75. The maximum Gasteiger partial charge on any atom is 0.137 e. The summed E-state index contributed by atoms with van der Waals surface area (Å²) in [6.45, 7) is 0.356. The largest absolute Gasteiger partial charge is 0.393 e. The number of benzene rings is 1. The van der Waals surface area contributed by atoms with Crippen LogP contribution in [0.15, 0.2) is 18.2 Å². The lowest BCUT2D eigenvalue weighted by atomic mass is 9.83. The van der Waals surface area contributed by atoms with Crippen LogP contribution in [0, 0.1) is 0 Å². The fourth-order valence-corrected chi connectivity index (χ4v) is 2.84. The normalized spacial score (nSPS) is 22.8. The van der Waals surface area contributed by atoms with Crippen molar-refractivity contribution in [3.05, 3.63) is 33.8 Å². The third-order valence-corrected chi connectivity index (χ3v) is 4.49. The quantitative estimate of drug-likeness (QED) is 0.638. The molecule has 0 radical (unpaired) electrons. The molecule has 0 saturated carbocycles. The molecule has 1 aliphatic rings. The van der Waals surface area contributed by atoms with E-state index in [0.29, 0.717) is 29.7 Å². The molecule has 0 bridgehead atoms. The van der Waals surface area contributed by atoms with Crippen molar-refractivity contribution < 1.29 is 20.1 Å². The predicted molar refractivity (Wildman–Crippen MR) is 88.2 cm³/mol. The van der Waals surface area contributed by atoms with E-state index in [1.165, 1.54) is 0 Å². The minimum absolute atomic E-state index is 0. The van der Waals surface area contributed by atoms with E-state index in [1.54, 1.807) is 18.2 Å². The molecular weight excluding hydrogens is 353 g/mol. The number of rotatable bonds is 4. The summed E-state index contributed by atoms with van der Waals surface area (Å²) in [4.78, 5) is 0. The summed E-state index contributed by atoms with van der Waals surface area (Å²) in [5.74, 6) is -0.272. The Hall–Kier alpha value is -0.110. The van der Waals surface area contributed by atoms with Gasteiger partial charge in [0.1, 0.15) is 5.60 Å². The van der Waals surface area contributed by atoms with Gasteiger partial charge in [-0.15, -0.1) is 12.4 Å². The molecule has 22 heavy (non-hydrogen) atoms. The molecule has 8 heteroatoms. The van der Waals surface area contributed by atoms with Crippen molar-refractivity contribution in [1.82, 2.24) is 5.32 Å². The minimum atomic E-state index is -1.72. The average Bonchev–Trinajstić information content (AvgIpc) is 2.75. The Morgan fingerprint density at radius 1 is 1.23 bits per heavy atom. The molecule has 1 fully saturated rings. The standard InChI is InChI=1S/C14H19Cl2NO4.ClH/c15-11-2-1-9(5-12(11)16)10-6-17-3-4-21-13(10)14(20,7-18)8-19;/h1-2,5,10,13,17-20H,3-4,6-8H2;1H/t10-,13+;/m0./s1. The Balaban J connectivity index is 0.00000242. The van der Waals surface area contributed by atoms with E-state index in [1.807, 2.05) is 0 Å². The number of aliphatic hydroxyl groups excluding tert-OH is 2. The first-order valence-electron chi connectivity index (χ1n) is 6.73. The first-order valence-corrected chi connectivity index (χ1v) is 7.49. The van der Waals surface area contributed by atoms with Crippen molar-refractivity contribution in [2.75, 3.05) is 32.9 Å². The van der Waals surface area contributed by atoms with Crippen molar-refractivity contribution in [3.63, 3.8) is 0 Å². The Kier molecular flexibility index (Phi) is 7.85. The first kappa shape index (κ1) is 19.9. The molecule has 0 spiro atoms. The zero-order valence-electron chi connectivity index (χ0n) is 11.8. The highest BCUT2D eigenvalue weighted by Gasteiger charge is 2.43. The Bertz CT molecular complexity index is 485. The molecule has 0 amide bonds. The SMILES string of the molecule is Cl.OCC(O)(CO)[C@@H]1OCCNC[C@H]1c1ccc(Cl)c(Cl)c1. The van der Waals surface area contributed by atoms with Gasteiger partial charge in [0.2, 0.25) is 0 Å². The van der Waals surface area contributed by atoms with Gasteiger partial charge in [0.25, 0.3) is 0 Å². The lowest BCUT2D eigenvalue weighted by molar-refractivity contribution is -0.156. The number of aliphatic hydroxyl groups is 3. The van der Waals surface area contributed by atoms with Gasteiger partial charge >= 0.3 is 0 Å². The van der Waals surface area contributed by atoms with Gasteiger partial charge in [-0.2, -0.15) is 0 Å². The fourth-order valence-electron chi connectivity index (χ4n) is 2.53. The average molecular weight is 373 g/mol. The molecule has 126 valence electrons. The van der Waals surface area contributed by atoms with Gasteiger partial charge in [-0.05, 0) is 17.7 Å². The van der Waals surface area contributed by atoms with Gasteiger partial charge < -0.3 is 25.4 Å². The highest BCUT2D eigenvalue weighted by atomic mass is 35.5. The molecule has 5 nitrogen and oxygen atoms in total. The number of ether oxygens (including phenoxy) is 1. The van der Waals surface area contributed by atoms with Crippen LogP contribution < -0.4 is 5.32 Å². The van der Waals surface area contributed by atoms with Gasteiger partial charge in [0.05, 0.1) is 36.0 Å². The summed E-state index contributed by atoms with van der Waals surface area (Å²) in [5.41, 5.74) is -0.896. The van der Waals surface area contributed by atoms with Gasteiger partial charge in [0.15, 0.2) is 0 Å². The van der Waals surface area contributed by atoms with Gasteiger partial charge in [-0.1, -0.05) is 29.3 Å². The van der Waals surface area contributed by atoms with Gasteiger partial charge in [-0.25, -0.2) is 0 Å². The van der Waals surface area contributed by atoms with Crippen LogP contribution in [0.5, 0.6) is 0 Å². The van der Waals surface area contributed by atoms with E-state index >= 15 is 0 Å². The highest BCUT2D eigenvalue weighted by molar-refractivity contribution is 6.42. The summed E-state index contributed by atoms with van der Waals surface area (Å²) in [6.07, 6.45) is -0.750. The molecule has 1 aromatic carbocycles. The topological polar surface area (TPSA) is 82.0 Å². The fraction of sp³-hybridized carbons (Fsp3) is 0.571. The molecule has 4 N–H and O–H groups in total. The van der Waals surface area contributed by atoms with Crippen LogP contribution >= 0.6 is 35.6 Å². The van der Waals surface area contributed by atoms with Crippen molar-refractivity contribution in [1.29, 1.82) is 0 Å². The second-order valence-corrected chi connectivity index (χ2v) is 6.01. The van der Waals surface area contributed by atoms with Crippen LogP contribution in [0.1, 0.15) is 11.5 Å². The van der Waals surface area contributed by atoms with Crippen molar-refractivity contribution >= 4 is 35.6 Å². The monoisotopic (exact) mass is 371 g/mol. The second kappa shape index (κ2) is 8.66. The summed E-state index contributed by atoms with van der Waals surface area (Å²) in [5, 5.41) is 33.4. The van der Waals surface area contributed by atoms with Crippen molar-refractivity contribution in [2.45, 2.75) is 17.6 Å². The van der Waals surface area contributed by atoms with Gasteiger partial charge in [-0.3, -0.25) is 0 Å². The molecule has 0 unspecified atom stereocenters. The van der Waals surface area contributed by atoms with Crippen LogP contribution in [0.2, 0.25) is 10.0 Å². The van der Waals surface area contributed by atoms with E-state index in [2.05, 4.69) is 5.32 Å². The second-order valence-electron chi connectivity index (χ2n) is 5.20.